The van der Waals surface area contributed by atoms with Gasteiger partial charge in [-0.25, -0.2) is 0 Å². The number of carbonyl (C=O) groups excluding carboxylic acids is 1. The van der Waals surface area contributed by atoms with Crippen LogP contribution in [0.25, 0.3) is 4.96 Å². The van der Waals surface area contributed by atoms with E-state index < -0.39 is 0 Å². The summed E-state index contributed by atoms with van der Waals surface area (Å²) in [5.41, 5.74) is 2.80. The molecule has 2 heterocycles. The fourth-order valence-corrected chi connectivity index (χ4v) is 3.93. The minimum absolute atomic E-state index is 0.0598. The maximum atomic E-state index is 12.3. The predicted octanol–water partition coefficient (Wildman–Crippen LogP) is 4.21. The summed E-state index contributed by atoms with van der Waals surface area (Å²) in [4.78, 5) is 13.0. The molecule has 2 aromatic carbocycles. The van der Waals surface area contributed by atoms with Gasteiger partial charge in [-0.05, 0) is 19.1 Å². The molecule has 6 nitrogen and oxygen atoms in total. The van der Waals surface area contributed by atoms with E-state index in [9.17, 15) is 4.79 Å². The Kier molecular flexibility index (Phi) is 4.68. The van der Waals surface area contributed by atoms with Crippen LogP contribution in [-0.4, -0.2) is 31.3 Å². The van der Waals surface area contributed by atoms with Crippen molar-refractivity contribution in [3.05, 3.63) is 65.7 Å². The first-order valence-electron chi connectivity index (χ1n) is 7.96. The Bertz CT molecular complexity index is 1040. The fourth-order valence-electron chi connectivity index (χ4n) is 2.34. The van der Waals surface area contributed by atoms with Crippen LogP contribution in [0, 0.1) is 6.92 Å². The van der Waals surface area contributed by atoms with E-state index in [4.69, 9.17) is 0 Å². The van der Waals surface area contributed by atoms with Crippen molar-refractivity contribution >= 4 is 44.7 Å². The van der Waals surface area contributed by atoms with E-state index in [2.05, 4.69) is 20.6 Å². The zero-order chi connectivity index (χ0) is 17.9. The molecule has 0 saturated carbocycles. The van der Waals surface area contributed by atoms with Gasteiger partial charge in [-0.2, -0.15) is 4.52 Å². The third kappa shape index (κ3) is 3.61. The van der Waals surface area contributed by atoms with E-state index in [0.717, 1.165) is 16.4 Å². The molecule has 4 aromatic rings. The number of nitrogens with zero attached hydrogens (tertiary/aromatic N) is 4. The van der Waals surface area contributed by atoms with Gasteiger partial charge in [0.25, 0.3) is 0 Å². The Hall–Kier alpha value is -2.71. The molecular formula is C18H15N5OS2. The summed E-state index contributed by atoms with van der Waals surface area (Å²) in [6.45, 7) is 2.00. The number of para-hydroxylation sites is 1. The molecule has 8 heteroatoms. The summed E-state index contributed by atoms with van der Waals surface area (Å²) in [7, 11) is 0. The molecule has 0 fully saturated rings. The quantitative estimate of drug-likeness (QED) is 0.398. The van der Waals surface area contributed by atoms with Gasteiger partial charge in [0, 0.05) is 11.3 Å². The van der Waals surface area contributed by atoms with Gasteiger partial charge in [0.15, 0.2) is 5.78 Å². The second-order valence-electron chi connectivity index (χ2n) is 5.65. The zero-order valence-electron chi connectivity index (χ0n) is 13.9. The number of Topliss-reactive ketones (excluding diaryl/α,β-unsaturated/α-hetero) is 1. The number of aryl methyl sites for hydroxylation is 1. The fraction of sp³-hybridized carbons (Fsp3) is 0.111. The lowest BCUT2D eigenvalue weighted by atomic mass is 10.1. The molecular weight excluding hydrogens is 366 g/mol. The lowest BCUT2D eigenvalue weighted by molar-refractivity contribution is 0.102. The highest BCUT2D eigenvalue weighted by atomic mass is 32.2. The lowest BCUT2D eigenvalue weighted by Gasteiger charge is -2.01. The van der Waals surface area contributed by atoms with Crippen molar-refractivity contribution in [2.75, 3.05) is 11.1 Å². The van der Waals surface area contributed by atoms with Crippen LogP contribution in [0.4, 0.5) is 10.8 Å². The van der Waals surface area contributed by atoms with Crippen LogP contribution in [0.5, 0.6) is 0 Å². The molecule has 26 heavy (non-hydrogen) atoms. The SMILES string of the molecule is Cc1ccc(C(=O)CSc2nnc3sc(Nc4ccccc4)nn23)cc1. The van der Waals surface area contributed by atoms with Gasteiger partial charge < -0.3 is 5.32 Å². The molecule has 0 amide bonds. The molecule has 0 radical (unpaired) electrons. The highest BCUT2D eigenvalue weighted by Gasteiger charge is 2.14. The summed E-state index contributed by atoms with van der Waals surface area (Å²) < 4.78 is 1.67. The van der Waals surface area contributed by atoms with Gasteiger partial charge in [0.05, 0.1) is 5.75 Å². The van der Waals surface area contributed by atoms with Crippen molar-refractivity contribution in [1.29, 1.82) is 0 Å². The van der Waals surface area contributed by atoms with Crippen LogP contribution in [-0.2, 0) is 0 Å². The smallest absolute Gasteiger partial charge is 0.237 e. The second kappa shape index (κ2) is 7.27. The van der Waals surface area contributed by atoms with Crippen LogP contribution in [0.3, 0.4) is 0 Å². The van der Waals surface area contributed by atoms with Gasteiger partial charge in [0.1, 0.15) is 0 Å². The molecule has 0 aliphatic heterocycles. The first-order valence-corrected chi connectivity index (χ1v) is 9.76. The average Bonchev–Trinajstić information content (AvgIpc) is 3.21. The van der Waals surface area contributed by atoms with Crippen molar-refractivity contribution in [1.82, 2.24) is 19.8 Å². The number of ketones is 1. The Morgan fingerprint density at radius 1 is 1.12 bits per heavy atom. The van der Waals surface area contributed by atoms with Crippen LogP contribution in [0.1, 0.15) is 15.9 Å². The highest BCUT2D eigenvalue weighted by molar-refractivity contribution is 7.99. The Morgan fingerprint density at radius 2 is 1.88 bits per heavy atom. The van der Waals surface area contributed by atoms with E-state index in [-0.39, 0.29) is 5.78 Å². The molecule has 0 aliphatic rings. The van der Waals surface area contributed by atoms with E-state index in [0.29, 0.717) is 21.4 Å². The number of benzene rings is 2. The molecule has 130 valence electrons. The minimum Gasteiger partial charge on any atom is -0.330 e. The van der Waals surface area contributed by atoms with Gasteiger partial charge in [-0.1, -0.05) is 71.1 Å². The number of nitrogens with one attached hydrogen (secondary N) is 1. The van der Waals surface area contributed by atoms with Crippen molar-refractivity contribution in [2.45, 2.75) is 12.1 Å². The molecule has 0 atom stereocenters. The Balaban J connectivity index is 1.47. The number of aromatic nitrogens is 4. The average molecular weight is 381 g/mol. The van der Waals surface area contributed by atoms with Crippen LogP contribution < -0.4 is 5.32 Å². The molecule has 0 bridgehead atoms. The summed E-state index contributed by atoms with van der Waals surface area (Å²) >= 11 is 2.75. The zero-order valence-corrected chi connectivity index (χ0v) is 15.5. The molecule has 2 aromatic heterocycles. The Labute approximate surface area is 158 Å². The van der Waals surface area contributed by atoms with E-state index in [1.807, 2.05) is 61.5 Å². The molecule has 1 N–H and O–H groups in total. The minimum atomic E-state index is 0.0598. The predicted molar refractivity (Wildman–Crippen MR) is 105 cm³/mol. The topological polar surface area (TPSA) is 72.2 Å². The maximum Gasteiger partial charge on any atom is 0.237 e. The van der Waals surface area contributed by atoms with Crippen LogP contribution >= 0.6 is 23.1 Å². The Morgan fingerprint density at radius 3 is 2.65 bits per heavy atom. The van der Waals surface area contributed by atoms with Crippen molar-refractivity contribution < 1.29 is 4.79 Å². The number of hydrogen-bond donors (Lipinski definition) is 1. The molecule has 0 aliphatic carbocycles. The number of fused-ring (bicyclic) bond motifs is 1. The molecule has 0 spiro atoms. The van der Waals surface area contributed by atoms with Gasteiger partial charge in [-0.15, -0.1) is 15.3 Å². The molecule has 0 saturated heterocycles. The first kappa shape index (κ1) is 16.7. The van der Waals surface area contributed by atoms with Gasteiger partial charge in [0.2, 0.25) is 15.2 Å². The monoisotopic (exact) mass is 381 g/mol. The third-order valence-corrected chi connectivity index (χ3v) is 5.43. The first-order chi connectivity index (χ1) is 12.7. The van der Waals surface area contributed by atoms with Crippen LogP contribution in [0.15, 0.2) is 59.8 Å². The standard InChI is InChI=1S/C18H15N5OS2/c1-12-7-9-13(10-8-12)15(24)11-25-17-20-21-18-23(17)22-16(26-18)19-14-5-3-2-4-6-14/h2-10H,11H2,1H3,(H,19,22). The number of anilines is 2. The summed E-state index contributed by atoms with van der Waals surface area (Å²) in [5.74, 6) is 0.354. The van der Waals surface area contributed by atoms with E-state index in [1.165, 1.54) is 23.1 Å². The van der Waals surface area contributed by atoms with Crippen molar-refractivity contribution in [2.24, 2.45) is 0 Å². The van der Waals surface area contributed by atoms with Crippen LogP contribution in [0.2, 0.25) is 0 Å². The summed E-state index contributed by atoms with van der Waals surface area (Å²) in [5, 5.41) is 17.3. The number of thioether (sulfide) groups is 1. The maximum absolute atomic E-state index is 12.3. The number of rotatable bonds is 6. The largest absolute Gasteiger partial charge is 0.330 e. The number of carbonyl (C=O) groups is 1. The third-order valence-electron chi connectivity index (χ3n) is 3.69. The van der Waals surface area contributed by atoms with Gasteiger partial charge in [-0.3, -0.25) is 4.79 Å². The molecule has 0 unspecified atom stereocenters. The normalized spacial score (nSPS) is 11.0. The van der Waals surface area contributed by atoms with E-state index in [1.54, 1.807) is 4.52 Å². The highest BCUT2D eigenvalue weighted by Crippen LogP contribution is 2.26. The summed E-state index contributed by atoms with van der Waals surface area (Å²) in [6, 6.07) is 17.4. The van der Waals surface area contributed by atoms with E-state index >= 15 is 0 Å². The van der Waals surface area contributed by atoms with Crippen molar-refractivity contribution in [3.8, 4) is 0 Å². The summed E-state index contributed by atoms with van der Waals surface area (Å²) in [6.07, 6.45) is 0. The second-order valence-corrected chi connectivity index (χ2v) is 7.55. The number of hydrogen-bond acceptors (Lipinski definition) is 7. The molecule has 4 rings (SSSR count). The lowest BCUT2D eigenvalue weighted by Crippen LogP contribution is -2.03. The van der Waals surface area contributed by atoms with Crippen molar-refractivity contribution in [3.63, 3.8) is 0 Å². The van der Waals surface area contributed by atoms with Gasteiger partial charge >= 0.3 is 0 Å².